The first-order valence-corrected chi connectivity index (χ1v) is 4.98. The molecular formula is C10H19N. The van der Waals surface area contributed by atoms with Gasteiger partial charge in [-0.2, -0.15) is 0 Å². The van der Waals surface area contributed by atoms with E-state index in [1.54, 1.807) is 0 Å². The Hall–Kier alpha value is -0.0400. The topological polar surface area (TPSA) is 3.24 Å². The van der Waals surface area contributed by atoms with Gasteiger partial charge in [0.15, 0.2) is 0 Å². The smallest absolute Gasteiger partial charge is 0.00134 e. The summed E-state index contributed by atoms with van der Waals surface area (Å²) in [7, 11) is 0. The summed E-state index contributed by atoms with van der Waals surface area (Å²) in [5.41, 5.74) is 0. The molecule has 1 unspecified atom stereocenters. The molecule has 11 heavy (non-hydrogen) atoms. The molecule has 3 atom stereocenters. The average molecular weight is 153 g/mol. The van der Waals surface area contributed by atoms with Crippen LogP contribution in [-0.4, -0.2) is 24.5 Å². The van der Waals surface area contributed by atoms with Crippen LogP contribution in [0.3, 0.4) is 0 Å². The summed E-state index contributed by atoms with van der Waals surface area (Å²) in [4.78, 5) is 2.64. The van der Waals surface area contributed by atoms with Gasteiger partial charge in [-0.15, -0.1) is 0 Å². The molecule has 0 amide bonds. The summed E-state index contributed by atoms with van der Waals surface area (Å²) in [5, 5.41) is 0. The summed E-state index contributed by atoms with van der Waals surface area (Å²) in [6.07, 6.45) is 2.94. The van der Waals surface area contributed by atoms with Crippen molar-refractivity contribution in [2.24, 2.45) is 17.8 Å². The molecule has 64 valence electrons. The van der Waals surface area contributed by atoms with Crippen LogP contribution in [0.15, 0.2) is 0 Å². The molecule has 0 aliphatic carbocycles. The monoisotopic (exact) mass is 153 g/mol. The number of hydrogen-bond donors (Lipinski definition) is 0. The number of fused-ring (bicyclic) bond motifs is 2. The maximum Gasteiger partial charge on any atom is 0.00134 e. The van der Waals surface area contributed by atoms with Crippen molar-refractivity contribution in [3.8, 4) is 0 Å². The Kier molecular flexibility index (Phi) is 1.92. The highest BCUT2D eigenvalue weighted by atomic mass is 15.2. The van der Waals surface area contributed by atoms with E-state index >= 15 is 0 Å². The molecular weight excluding hydrogens is 134 g/mol. The first-order chi connectivity index (χ1) is 5.25. The molecule has 2 aliphatic heterocycles. The largest absolute Gasteiger partial charge is 0.303 e. The van der Waals surface area contributed by atoms with Crippen molar-refractivity contribution in [2.75, 3.05) is 19.6 Å². The maximum atomic E-state index is 2.64. The predicted molar refractivity (Wildman–Crippen MR) is 47.5 cm³/mol. The molecule has 2 saturated heterocycles. The van der Waals surface area contributed by atoms with Gasteiger partial charge in [0.1, 0.15) is 0 Å². The van der Waals surface area contributed by atoms with Crippen LogP contribution >= 0.6 is 0 Å². The highest BCUT2D eigenvalue weighted by Crippen LogP contribution is 2.36. The van der Waals surface area contributed by atoms with Crippen LogP contribution in [0.4, 0.5) is 0 Å². The molecule has 0 spiro atoms. The van der Waals surface area contributed by atoms with Gasteiger partial charge in [-0.05, 0) is 37.1 Å². The normalized spacial score (nSPS) is 42.3. The minimum atomic E-state index is 0.903. The van der Waals surface area contributed by atoms with E-state index in [9.17, 15) is 0 Å². The highest BCUT2D eigenvalue weighted by Gasteiger charge is 2.37. The van der Waals surface area contributed by atoms with Gasteiger partial charge in [0.25, 0.3) is 0 Å². The van der Waals surface area contributed by atoms with Crippen LogP contribution in [-0.2, 0) is 0 Å². The Bertz CT molecular complexity index is 142. The molecule has 2 bridgehead atoms. The molecule has 2 aliphatic rings. The fraction of sp³-hybridized carbons (Fsp3) is 1.00. The molecule has 0 aromatic carbocycles. The van der Waals surface area contributed by atoms with E-state index < -0.39 is 0 Å². The van der Waals surface area contributed by atoms with Crippen LogP contribution in [0.2, 0.25) is 0 Å². The fourth-order valence-electron chi connectivity index (χ4n) is 2.77. The van der Waals surface area contributed by atoms with Gasteiger partial charge in [-0.3, -0.25) is 0 Å². The summed E-state index contributed by atoms with van der Waals surface area (Å²) in [5.74, 6) is 3.02. The lowest BCUT2D eigenvalue weighted by molar-refractivity contribution is 0.268. The van der Waals surface area contributed by atoms with Gasteiger partial charge in [0.05, 0.1) is 0 Å². The Morgan fingerprint density at radius 2 is 2.18 bits per heavy atom. The molecule has 0 aromatic heterocycles. The van der Waals surface area contributed by atoms with Gasteiger partial charge in [-0.1, -0.05) is 13.8 Å². The zero-order chi connectivity index (χ0) is 7.84. The van der Waals surface area contributed by atoms with Crippen LogP contribution in [0, 0.1) is 17.8 Å². The second-order valence-electron chi connectivity index (χ2n) is 4.70. The second-order valence-corrected chi connectivity index (χ2v) is 4.70. The lowest BCUT2D eigenvalue weighted by Gasteiger charge is -2.23. The van der Waals surface area contributed by atoms with E-state index in [1.807, 2.05) is 0 Å². The van der Waals surface area contributed by atoms with Crippen LogP contribution in [0.25, 0.3) is 0 Å². The second kappa shape index (κ2) is 2.78. The lowest BCUT2D eigenvalue weighted by Crippen LogP contribution is -2.24. The van der Waals surface area contributed by atoms with Gasteiger partial charge in [-0.25, -0.2) is 0 Å². The van der Waals surface area contributed by atoms with Gasteiger partial charge in [0.2, 0.25) is 0 Å². The highest BCUT2D eigenvalue weighted by molar-refractivity contribution is 4.90. The third-order valence-electron chi connectivity index (χ3n) is 3.24. The summed E-state index contributed by atoms with van der Waals surface area (Å²) in [6, 6.07) is 0. The SMILES string of the molecule is CC(C)C[C@@H]1CN2CC[C@H]1C2. The van der Waals surface area contributed by atoms with Crippen molar-refractivity contribution < 1.29 is 0 Å². The Balaban J connectivity index is 1.87. The van der Waals surface area contributed by atoms with E-state index in [0.717, 1.165) is 17.8 Å². The Labute approximate surface area is 69.8 Å². The van der Waals surface area contributed by atoms with Crippen LogP contribution < -0.4 is 0 Å². The van der Waals surface area contributed by atoms with Crippen LogP contribution in [0.5, 0.6) is 0 Å². The lowest BCUT2D eigenvalue weighted by atomic mass is 9.86. The maximum absolute atomic E-state index is 2.64. The summed E-state index contributed by atoms with van der Waals surface area (Å²) < 4.78 is 0. The van der Waals surface area contributed by atoms with Crippen molar-refractivity contribution >= 4 is 0 Å². The average Bonchev–Trinajstić information content (AvgIpc) is 2.45. The number of hydrogen-bond acceptors (Lipinski definition) is 1. The van der Waals surface area contributed by atoms with Gasteiger partial charge < -0.3 is 4.90 Å². The van der Waals surface area contributed by atoms with Crippen molar-refractivity contribution in [3.63, 3.8) is 0 Å². The first kappa shape index (κ1) is 7.60. The molecule has 0 aromatic rings. The van der Waals surface area contributed by atoms with Gasteiger partial charge in [0, 0.05) is 13.1 Å². The van der Waals surface area contributed by atoms with E-state index in [-0.39, 0.29) is 0 Å². The van der Waals surface area contributed by atoms with E-state index in [0.29, 0.717) is 0 Å². The van der Waals surface area contributed by atoms with Gasteiger partial charge >= 0.3 is 0 Å². The molecule has 2 fully saturated rings. The Morgan fingerprint density at radius 1 is 1.36 bits per heavy atom. The van der Waals surface area contributed by atoms with Crippen molar-refractivity contribution in [1.29, 1.82) is 0 Å². The minimum Gasteiger partial charge on any atom is -0.303 e. The molecule has 0 saturated carbocycles. The molecule has 0 radical (unpaired) electrons. The third kappa shape index (κ3) is 1.44. The minimum absolute atomic E-state index is 0.903. The summed E-state index contributed by atoms with van der Waals surface area (Å²) >= 11 is 0. The Morgan fingerprint density at radius 3 is 2.64 bits per heavy atom. The number of rotatable bonds is 2. The zero-order valence-electron chi connectivity index (χ0n) is 7.71. The van der Waals surface area contributed by atoms with E-state index in [2.05, 4.69) is 18.7 Å². The number of piperidine rings is 1. The standard InChI is InChI=1S/C10H19N/c1-8(2)5-10-7-11-4-3-9(10)6-11/h8-10H,3-7H2,1-2H3/t9-,10+/m0/s1. The fourth-order valence-corrected chi connectivity index (χ4v) is 2.77. The third-order valence-corrected chi connectivity index (χ3v) is 3.24. The predicted octanol–water partition coefficient (Wildman–Crippen LogP) is 1.98. The molecule has 1 nitrogen and oxygen atoms in total. The number of nitrogens with zero attached hydrogens (tertiary/aromatic N) is 1. The quantitative estimate of drug-likeness (QED) is 0.586. The van der Waals surface area contributed by atoms with Crippen molar-refractivity contribution in [2.45, 2.75) is 26.7 Å². The molecule has 2 heterocycles. The van der Waals surface area contributed by atoms with Crippen LogP contribution in [0.1, 0.15) is 26.7 Å². The van der Waals surface area contributed by atoms with Crippen molar-refractivity contribution in [1.82, 2.24) is 4.90 Å². The zero-order valence-corrected chi connectivity index (χ0v) is 7.71. The van der Waals surface area contributed by atoms with E-state index in [1.165, 1.54) is 32.5 Å². The first-order valence-electron chi connectivity index (χ1n) is 4.98. The molecule has 1 heteroatoms. The molecule has 0 N–H and O–H groups in total. The molecule has 2 rings (SSSR count). The van der Waals surface area contributed by atoms with E-state index in [4.69, 9.17) is 0 Å². The summed E-state index contributed by atoms with van der Waals surface area (Å²) in [6.45, 7) is 8.90. The van der Waals surface area contributed by atoms with Crippen molar-refractivity contribution in [3.05, 3.63) is 0 Å².